The molecular formula is C30H29NO11. The number of nitrogens with zero attached hydrogens (tertiary/aromatic N) is 1. The number of ether oxygens (including phenoxy) is 4. The molecule has 2 atom stereocenters. The van der Waals surface area contributed by atoms with Crippen LogP contribution in [-0.4, -0.2) is 64.3 Å². The highest BCUT2D eigenvalue weighted by atomic mass is 16.6. The van der Waals surface area contributed by atoms with E-state index in [4.69, 9.17) is 23.4 Å². The van der Waals surface area contributed by atoms with E-state index in [2.05, 4.69) is 0 Å². The minimum absolute atomic E-state index is 0.0546. The summed E-state index contributed by atoms with van der Waals surface area (Å²) in [4.78, 5) is 26.9. The van der Waals surface area contributed by atoms with Crippen molar-refractivity contribution in [1.82, 2.24) is 4.90 Å². The Labute approximate surface area is 239 Å². The summed E-state index contributed by atoms with van der Waals surface area (Å²) in [5.41, 5.74) is -0.223. The summed E-state index contributed by atoms with van der Waals surface area (Å²) in [6.07, 6.45) is -2.23. The van der Waals surface area contributed by atoms with Crippen LogP contribution in [0.4, 0.5) is 4.79 Å². The molecule has 4 N–H and O–H groups in total. The highest BCUT2D eigenvalue weighted by molar-refractivity contribution is 5.89. The molecule has 2 heterocycles. The maximum absolute atomic E-state index is 13.1. The molecule has 1 aromatic heterocycles. The molecule has 0 saturated heterocycles. The van der Waals surface area contributed by atoms with E-state index >= 15 is 0 Å². The van der Waals surface area contributed by atoms with Gasteiger partial charge in [-0.2, -0.15) is 0 Å². The molecule has 5 rings (SSSR count). The van der Waals surface area contributed by atoms with Crippen LogP contribution < -0.4 is 24.4 Å². The summed E-state index contributed by atoms with van der Waals surface area (Å²) in [7, 11) is 1.41. The van der Waals surface area contributed by atoms with E-state index in [0.29, 0.717) is 24.4 Å². The fourth-order valence-electron chi connectivity index (χ4n) is 4.73. The molecule has 1 aliphatic rings. The van der Waals surface area contributed by atoms with Crippen molar-refractivity contribution in [3.63, 3.8) is 0 Å². The molecule has 0 spiro atoms. The number of fused-ring (bicyclic) bond motifs is 2. The number of carbonyl (C=O) groups is 1. The average Bonchev–Trinajstić information content (AvgIpc) is 2.98. The summed E-state index contributed by atoms with van der Waals surface area (Å²) in [6, 6.07) is 11.5. The number of aliphatic hydroxyl groups excluding tert-OH is 1. The quantitative estimate of drug-likeness (QED) is 0.246. The van der Waals surface area contributed by atoms with E-state index in [-0.39, 0.29) is 51.9 Å². The van der Waals surface area contributed by atoms with Gasteiger partial charge in [-0.3, -0.25) is 4.79 Å². The molecule has 0 bridgehead atoms. The van der Waals surface area contributed by atoms with Crippen molar-refractivity contribution in [2.75, 3.05) is 26.8 Å². The van der Waals surface area contributed by atoms with Gasteiger partial charge in [-0.05, 0) is 44.2 Å². The molecule has 1 amide bonds. The van der Waals surface area contributed by atoms with Crippen molar-refractivity contribution in [3.8, 4) is 51.6 Å². The number of aliphatic hydroxyl groups is 1. The third-order valence-electron chi connectivity index (χ3n) is 6.94. The normalized spacial score (nSPS) is 15.8. The van der Waals surface area contributed by atoms with Crippen molar-refractivity contribution in [1.29, 1.82) is 0 Å². The predicted molar refractivity (Wildman–Crippen MR) is 150 cm³/mol. The van der Waals surface area contributed by atoms with Crippen LogP contribution in [0.15, 0.2) is 57.7 Å². The van der Waals surface area contributed by atoms with Gasteiger partial charge in [-0.25, -0.2) is 4.79 Å². The Morgan fingerprint density at radius 1 is 0.952 bits per heavy atom. The maximum atomic E-state index is 13.1. The summed E-state index contributed by atoms with van der Waals surface area (Å²) < 4.78 is 28.5. The highest BCUT2D eigenvalue weighted by Crippen LogP contribution is 2.44. The molecule has 4 aromatic rings. The Bertz CT molecular complexity index is 1710. The third-order valence-corrected chi connectivity index (χ3v) is 6.94. The second kappa shape index (κ2) is 11.4. The minimum atomic E-state index is -0.894. The van der Waals surface area contributed by atoms with E-state index in [1.807, 2.05) is 0 Å². The van der Waals surface area contributed by atoms with E-state index in [1.54, 1.807) is 26.0 Å². The first-order valence-corrected chi connectivity index (χ1v) is 13.1. The maximum Gasteiger partial charge on any atom is 0.415 e. The lowest BCUT2D eigenvalue weighted by molar-refractivity contribution is -0.0123. The standard InChI is InChI=1S/C30H29NO11/c1-4-31(5-2)30(37)39-17-12-19(34)25-23(13-17)42-29(27(36)26(25)35)16-7-9-20-22(11-16)41-28(24(14-32)40-20)15-6-8-18(33)21(10-15)38-3/h6-13,24,28,32-34,36H,4-5,14H2,1-3H3. The van der Waals surface area contributed by atoms with Crippen molar-refractivity contribution in [2.45, 2.75) is 26.1 Å². The van der Waals surface area contributed by atoms with Crippen molar-refractivity contribution < 1.29 is 48.6 Å². The van der Waals surface area contributed by atoms with E-state index < -0.39 is 35.2 Å². The Morgan fingerprint density at radius 3 is 2.40 bits per heavy atom. The fourth-order valence-corrected chi connectivity index (χ4v) is 4.73. The lowest BCUT2D eigenvalue weighted by Crippen LogP contribution is -2.36. The van der Waals surface area contributed by atoms with Gasteiger partial charge in [0.1, 0.15) is 22.5 Å². The molecule has 0 saturated carbocycles. The topological polar surface area (TPSA) is 168 Å². The lowest BCUT2D eigenvalue weighted by atomic mass is 10.0. The number of amides is 1. The van der Waals surface area contributed by atoms with Gasteiger partial charge in [0.15, 0.2) is 41.0 Å². The van der Waals surface area contributed by atoms with Crippen LogP contribution in [0.5, 0.6) is 40.2 Å². The molecule has 12 nitrogen and oxygen atoms in total. The van der Waals surface area contributed by atoms with Crippen LogP contribution in [0, 0.1) is 0 Å². The van der Waals surface area contributed by atoms with Crippen LogP contribution in [0.2, 0.25) is 0 Å². The van der Waals surface area contributed by atoms with Crippen molar-refractivity contribution >= 4 is 17.1 Å². The second-order valence-corrected chi connectivity index (χ2v) is 9.43. The van der Waals surface area contributed by atoms with Gasteiger partial charge in [0, 0.05) is 36.3 Å². The number of aromatic hydroxyl groups is 3. The first-order chi connectivity index (χ1) is 20.2. The number of carbonyl (C=O) groups excluding carboxylic acids is 1. The van der Waals surface area contributed by atoms with E-state index in [9.17, 15) is 30.0 Å². The fraction of sp³-hybridized carbons (Fsp3) is 0.267. The lowest BCUT2D eigenvalue weighted by Gasteiger charge is -2.33. The molecule has 0 fully saturated rings. The zero-order chi connectivity index (χ0) is 30.1. The van der Waals surface area contributed by atoms with Gasteiger partial charge in [-0.1, -0.05) is 6.07 Å². The van der Waals surface area contributed by atoms with E-state index in [0.717, 1.165) is 6.07 Å². The van der Waals surface area contributed by atoms with Gasteiger partial charge in [0.05, 0.1) is 13.7 Å². The number of hydrogen-bond acceptors (Lipinski definition) is 11. The smallest absolute Gasteiger partial charge is 0.415 e. The number of hydrogen-bond donors (Lipinski definition) is 4. The molecule has 12 heteroatoms. The van der Waals surface area contributed by atoms with Crippen LogP contribution in [0.25, 0.3) is 22.3 Å². The number of benzene rings is 3. The SMILES string of the molecule is CCN(CC)C(=O)Oc1cc(O)c2c(=O)c(O)c(-c3ccc4c(c3)OC(c3ccc(O)c(OC)c3)C(CO)O4)oc2c1. The number of phenols is 2. The zero-order valence-electron chi connectivity index (χ0n) is 23.0. The first-order valence-electron chi connectivity index (χ1n) is 13.1. The largest absolute Gasteiger partial charge is 0.507 e. The molecule has 0 aliphatic carbocycles. The van der Waals surface area contributed by atoms with Gasteiger partial charge >= 0.3 is 6.09 Å². The van der Waals surface area contributed by atoms with Gasteiger partial charge in [0.25, 0.3) is 0 Å². The van der Waals surface area contributed by atoms with Crippen LogP contribution in [0.1, 0.15) is 25.5 Å². The first kappa shape index (κ1) is 28.4. The molecule has 2 unspecified atom stereocenters. The molecule has 0 radical (unpaired) electrons. The predicted octanol–water partition coefficient (Wildman–Crippen LogP) is 4.30. The molecular weight excluding hydrogens is 550 g/mol. The highest BCUT2D eigenvalue weighted by Gasteiger charge is 2.34. The van der Waals surface area contributed by atoms with Gasteiger partial charge < -0.3 is 48.7 Å². The molecule has 220 valence electrons. The Hall–Kier alpha value is -5.10. The van der Waals surface area contributed by atoms with Crippen LogP contribution >= 0.6 is 0 Å². The van der Waals surface area contributed by atoms with Gasteiger partial charge in [0.2, 0.25) is 11.2 Å². The van der Waals surface area contributed by atoms with E-state index in [1.165, 1.54) is 42.3 Å². The summed E-state index contributed by atoms with van der Waals surface area (Å²) in [5.74, 6) is -0.906. The summed E-state index contributed by atoms with van der Waals surface area (Å²) in [5, 5.41) is 40.9. The van der Waals surface area contributed by atoms with Gasteiger partial charge in [-0.15, -0.1) is 0 Å². The Balaban J connectivity index is 1.54. The van der Waals surface area contributed by atoms with Crippen molar-refractivity contribution in [3.05, 3.63) is 64.3 Å². The molecule has 3 aromatic carbocycles. The average molecular weight is 580 g/mol. The van der Waals surface area contributed by atoms with Crippen LogP contribution in [0.3, 0.4) is 0 Å². The monoisotopic (exact) mass is 579 g/mol. The van der Waals surface area contributed by atoms with Crippen molar-refractivity contribution in [2.24, 2.45) is 0 Å². The minimum Gasteiger partial charge on any atom is -0.507 e. The Morgan fingerprint density at radius 2 is 1.71 bits per heavy atom. The second-order valence-electron chi connectivity index (χ2n) is 9.43. The van der Waals surface area contributed by atoms with Crippen LogP contribution in [-0.2, 0) is 0 Å². The third kappa shape index (κ3) is 5.07. The molecule has 1 aliphatic heterocycles. The summed E-state index contributed by atoms with van der Waals surface area (Å²) >= 11 is 0. The Kier molecular flexibility index (Phi) is 7.72. The number of methoxy groups -OCH3 is 1. The number of phenolic OH excluding ortho intramolecular Hbond substituents is 2. The number of rotatable bonds is 7. The molecule has 42 heavy (non-hydrogen) atoms. The zero-order valence-corrected chi connectivity index (χ0v) is 23.0. The summed E-state index contributed by atoms with van der Waals surface area (Å²) in [6.45, 7) is 4.02.